The normalized spacial score (nSPS) is 16.3. The highest BCUT2D eigenvalue weighted by Crippen LogP contribution is 2.25. The summed E-state index contributed by atoms with van der Waals surface area (Å²) >= 11 is 5.81. The number of rotatable bonds is 5. The van der Waals surface area contributed by atoms with Gasteiger partial charge in [-0.1, -0.05) is 18.2 Å². The average molecular weight is 499 g/mol. The van der Waals surface area contributed by atoms with Gasteiger partial charge in [-0.15, -0.1) is 5.10 Å². The average Bonchev–Trinajstić information content (AvgIpc) is 3.30. The van der Waals surface area contributed by atoms with E-state index in [1.807, 2.05) is 41.1 Å². The lowest BCUT2D eigenvalue weighted by Gasteiger charge is -2.33. The van der Waals surface area contributed by atoms with Gasteiger partial charge in [-0.3, -0.25) is 9.30 Å². The van der Waals surface area contributed by atoms with Crippen LogP contribution >= 0.6 is 12.2 Å². The fraction of sp³-hybridized carbons (Fsp3) is 0.417. The number of nitrogens with zero attached hydrogens (tertiary/aromatic N) is 6. The Morgan fingerprint density at radius 3 is 2.29 bits per heavy atom. The molecule has 0 saturated carbocycles. The summed E-state index contributed by atoms with van der Waals surface area (Å²) in [7, 11) is -3.50. The molecule has 1 aliphatic heterocycles. The summed E-state index contributed by atoms with van der Waals surface area (Å²) in [4.78, 5) is 2.57. The predicted molar refractivity (Wildman–Crippen MR) is 136 cm³/mol. The van der Waals surface area contributed by atoms with E-state index in [0.29, 0.717) is 42.5 Å². The van der Waals surface area contributed by atoms with Crippen LogP contribution in [0, 0.1) is 18.6 Å². The number of benzene rings is 2. The van der Waals surface area contributed by atoms with Gasteiger partial charge in [0.15, 0.2) is 0 Å². The fourth-order valence-corrected chi connectivity index (χ4v) is 6.44. The number of hydrogen-bond acceptors (Lipinski definition) is 5. The van der Waals surface area contributed by atoms with Gasteiger partial charge in [-0.25, -0.2) is 13.1 Å². The maximum absolute atomic E-state index is 13.1. The van der Waals surface area contributed by atoms with Crippen molar-refractivity contribution in [3.8, 4) is 0 Å². The van der Waals surface area contributed by atoms with Crippen molar-refractivity contribution in [2.75, 3.05) is 26.2 Å². The van der Waals surface area contributed by atoms with Gasteiger partial charge in [0.1, 0.15) is 0 Å². The molecule has 34 heavy (non-hydrogen) atoms. The number of fused-ring (bicyclic) bond motifs is 3. The summed E-state index contributed by atoms with van der Waals surface area (Å²) in [6.07, 6.45) is 0. The Bertz CT molecular complexity index is 1540. The van der Waals surface area contributed by atoms with Gasteiger partial charge in [-0.05, 0) is 75.3 Å². The molecule has 5 rings (SSSR count). The summed E-state index contributed by atoms with van der Waals surface area (Å²) in [6, 6.07) is 13.8. The van der Waals surface area contributed by atoms with Crippen molar-refractivity contribution in [1.29, 1.82) is 0 Å². The Morgan fingerprint density at radius 1 is 0.971 bits per heavy atom. The Kier molecular flexibility index (Phi) is 5.87. The molecular weight excluding hydrogens is 468 g/mol. The maximum atomic E-state index is 13.1. The smallest absolute Gasteiger partial charge is 0.243 e. The summed E-state index contributed by atoms with van der Waals surface area (Å²) in [5.74, 6) is 0.831. The van der Waals surface area contributed by atoms with Crippen LogP contribution in [-0.2, 0) is 16.7 Å². The van der Waals surface area contributed by atoms with Crippen LogP contribution in [0.1, 0.15) is 31.0 Å². The molecule has 0 unspecified atom stereocenters. The molecular formula is C24H30N6O2S2. The van der Waals surface area contributed by atoms with Crippen molar-refractivity contribution in [2.45, 2.75) is 45.3 Å². The number of hydrogen-bond donors (Lipinski definition) is 0. The van der Waals surface area contributed by atoms with E-state index in [1.54, 1.807) is 16.4 Å². The van der Waals surface area contributed by atoms with Crippen molar-refractivity contribution in [3.63, 3.8) is 0 Å². The zero-order chi connectivity index (χ0) is 24.2. The summed E-state index contributed by atoms with van der Waals surface area (Å²) < 4.78 is 34.6. The van der Waals surface area contributed by atoms with Gasteiger partial charge >= 0.3 is 0 Å². The minimum atomic E-state index is -3.50. The van der Waals surface area contributed by atoms with Crippen molar-refractivity contribution < 1.29 is 8.42 Å². The van der Waals surface area contributed by atoms with Crippen molar-refractivity contribution in [2.24, 2.45) is 0 Å². The number of imidazole rings is 1. The molecule has 1 aliphatic rings. The van der Waals surface area contributed by atoms with E-state index >= 15 is 0 Å². The first kappa shape index (κ1) is 23.2. The maximum Gasteiger partial charge on any atom is 0.243 e. The minimum absolute atomic E-state index is 0.242. The predicted octanol–water partition coefficient (Wildman–Crippen LogP) is 3.98. The third kappa shape index (κ3) is 3.78. The Hall–Kier alpha value is -2.53. The van der Waals surface area contributed by atoms with Gasteiger partial charge in [0.25, 0.3) is 0 Å². The highest BCUT2D eigenvalue weighted by Gasteiger charge is 2.29. The van der Waals surface area contributed by atoms with Gasteiger partial charge in [-0.2, -0.15) is 4.31 Å². The summed E-state index contributed by atoms with van der Waals surface area (Å²) in [5, 5.41) is 4.86. The molecule has 8 nitrogen and oxygen atoms in total. The van der Waals surface area contributed by atoms with Crippen LogP contribution in [0.3, 0.4) is 0 Å². The minimum Gasteiger partial charge on any atom is -0.306 e. The molecule has 0 atom stereocenters. The second-order valence-electron chi connectivity index (χ2n) is 9.28. The van der Waals surface area contributed by atoms with Crippen molar-refractivity contribution in [3.05, 3.63) is 58.4 Å². The second-order valence-corrected chi connectivity index (χ2v) is 11.6. The first-order valence-corrected chi connectivity index (χ1v) is 13.4. The topological polar surface area (TPSA) is 67.8 Å². The standard InChI is InChI=1S/C24H30N6O2S2/c1-17(2)29-21-7-5-6-8-22(21)30-23(29)25-28(24(30)33)16-26-11-13-27(14-12-26)34(31,32)20-10-9-18(3)19(4)15-20/h5-10,15,17H,11-14,16H2,1-4H3. The quantitative estimate of drug-likeness (QED) is 0.390. The van der Waals surface area contributed by atoms with Crippen molar-refractivity contribution in [1.82, 2.24) is 28.0 Å². The first-order valence-electron chi connectivity index (χ1n) is 11.6. The highest BCUT2D eigenvalue weighted by molar-refractivity contribution is 7.89. The fourth-order valence-electron chi connectivity index (χ4n) is 4.65. The lowest BCUT2D eigenvalue weighted by Crippen LogP contribution is -2.48. The van der Waals surface area contributed by atoms with Crippen LogP contribution in [0.5, 0.6) is 0 Å². The van der Waals surface area contributed by atoms with Gasteiger partial charge in [0.2, 0.25) is 20.6 Å². The van der Waals surface area contributed by atoms with E-state index in [2.05, 4.69) is 35.4 Å². The van der Waals surface area contributed by atoms with Gasteiger partial charge in [0.05, 0.1) is 22.6 Å². The monoisotopic (exact) mass is 498 g/mol. The number of aryl methyl sites for hydroxylation is 2. The highest BCUT2D eigenvalue weighted by atomic mass is 32.2. The Balaban J connectivity index is 1.36. The SMILES string of the molecule is Cc1ccc(S(=O)(=O)N2CCN(Cn3nc4n(C(C)C)c5ccccc5n4c3=S)CC2)cc1C. The van der Waals surface area contributed by atoms with Crippen LogP contribution in [-0.4, -0.2) is 62.6 Å². The Labute approximate surface area is 205 Å². The molecule has 2 aromatic carbocycles. The molecule has 0 aliphatic carbocycles. The summed E-state index contributed by atoms with van der Waals surface area (Å²) in [6.45, 7) is 10.9. The third-order valence-electron chi connectivity index (χ3n) is 6.72. The molecule has 0 N–H and O–H groups in total. The van der Waals surface area contributed by atoms with E-state index in [0.717, 1.165) is 27.9 Å². The lowest BCUT2D eigenvalue weighted by molar-refractivity contribution is 0.145. The molecule has 0 radical (unpaired) electrons. The third-order valence-corrected chi connectivity index (χ3v) is 9.01. The van der Waals surface area contributed by atoms with E-state index in [4.69, 9.17) is 17.3 Å². The van der Waals surface area contributed by atoms with Crippen LogP contribution in [0.25, 0.3) is 16.8 Å². The molecule has 10 heteroatoms. The number of para-hydroxylation sites is 2. The lowest BCUT2D eigenvalue weighted by atomic mass is 10.1. The van der Waals surface area contributed by atoms with Crippen LogP contribution in [0.4, 0.5) is 0 Å². The van der Waals surface area contributed by atoms with Crippen LogP contribution < -0.4 is 0 Å². The van der Waals surface area contributed by atoms with Crippen molar-refractivity contribution >= 4 is 39.1 Å². The molecule has 2 aromatic heterocycles. The zero-order valence-corrected chi connectivity index (χ0v) is 21.6. The molecule has 0 bridgehead atoms. The van der Waals surface area contributed by atoms with Gasteiger partial charge < -0.3 is 4.57 Å². The number of sulfonamides is 1. The second kappa shape index (κ2) is 8.60. The van der Waals surface area contributed by atoms with Gasteiger partial charge in [0, 0.05) is 32.2 Å². The molecule has 4 aromatic rings. The zero-order valence-electron chi connectivity index (χ0n) is 20.0. The van der Waals surface area contributed by atoms with Crippen LogP contribution in [0.15, 0.2) is 47.4 Å². The number of aromatic nitrogens is 4. The molecule has 180 valence electrons. The molecule has 1 fully saturated rings. The summed E-state index contributed by atoms with van der Waals surface area (Å²) in [5.41, 5.74) is 4.24. The largest absolute Gasteiger partial charge is 0.306 e. The molecule has 0 spiro atoms. The number of piperazine rings is 1. The van der Waals surface area contributed by atoms with E-state index in [9.17, 15) is 8.42 Å². The first-order chi connectivity index (χ1) is 16.2. The molecule has 3 heterocycles. The van der Waals surface area contributed by atoms with E-state index in [-0.39, 0.29) is 6.04 Å². The van der Waals surface area contributed by atoms with E-state index < -0.39 is 10.0 Å². The van der Waals surface area contributed by atoms with E-state index in [1.165, 1.54) is 0 Å². The van der Waals surface area contributed by atoms with Crippen LogP contribution in [0.2, 0.25) is 0 Å². The molecule has 0 amide bonds. The molecule has 1 saturated heterocycles. The Morgan fingerprint density at radius 2 is 1.65 bits per heavy atom.